The van der Waals surface area contributed by atoms with E-state index in [4.69, 9.17) is 0 Å². The van der Waals surface area contributed by atoms with Crippen LogP contribution in [-0.2, 0) is 6.54 Å². The van der Waals surface area contributed by atoms with E-state index in [9.17, 15) is 14.9 Å². The van der Waals surface area contributed by atoms with E-state index in [0.29, 0.717) is 6.54 Å². The van der Waals surface area contributed by atoms with Crippen LogP contribution in [0.2, 0.25) is 0 Å². The number of hydrogen-bond acceptors (Lipinski definition) is 5. The zero-order valence-corrected chi connectivity index (χ0v) is 11.4. The Morgan fingerprint density at radius 2 is 2.21 bits per heavy atom. The first kappa shape index (κ1) is 13.3. The quantitative estimate of drug-likeness (QED) is 0.687. The van der Waals surface area contributed by atoms with Gasteiger partial charge in [-0.3, -0.25) is 19.5 Å². The first-order valence-electron chi connectivity index (χ1n) is 5.63. The molecule has 0 bridgehead atoms. The molecular weight excluding hydrogens is 266 g/mol. The van der Waals surface area contributed by atoms with Crippen molar-refractivity contribution in [3.05, 3.63) is 54.6 Å². The third-order valence-corrected chi connectivity index (χ3v) is 3.75. The highest BCUT2D eigenvalue weighted by Gasteiger charge is 2.12. The maximum absolute atomic E-state index is 11.7. The molecule has 0 atom stereocenters. The van der Waals surface area contributed by atoms with Crippen LogP contribution in [0.5, 0.6) is 0 Å². The number of aromatic nitrogens is 1. The minimum atomic E-state index is -0.438. The highest BCUT2D eigenvalue weighted by atomic mass is 32.1. The number of anilines is 1. The van der Waals surface area contributed by atoms with E-state index in [1.165, 1.54) is 12.1 Å². The van der Waals surface area contributed by atoms with Gasteiger partial charge in [0, 0.05) is 41.5 Å². The Balaban J connectivity index is 2.46. The predicted octanol–water partition coefficient (Wildman–Crippen LogP) is 2.22. The maximum atomic E-state index is 11.7. The van der Waals surface area contributed by atoms with Crippen molar-refractivity contribution in [2.24, 2.45) is 0 Å². The van der Waals surface area contributed by atoms with Gasteiger partial charge in [0.2, 0.25) is 0 Å². The molecular formula is C12H13N3O3S. The molecule has 0 spiro atoms. The number of benzene rings is 1. The Morgan fingerprint density at radius 3 is 2.74 bits per heavy atom. The second-order valence-corrected chi connectivity index (χ2v) is 4.90. The lowest BCUT2D eigenvalue weighted by molar-refractivity contribution is -0.384. The van der Waals surface area contributed by atoms with Crippen molar-refractivity contribution in [1.29, 1.82) is 0 Å². The van der Waals surface area contributed by atoms with Crippen molar-refractivity contribution in [2.45, 2.75) is 13.5 Å². The summed E-state index contributed by atoms with van der Waals surface area (Å²) >= 11 is 1.13. The Kier molecular flexibility index (Phi) is 3.66. The Bertz CT molecular complexity index is 675. The maximum Gasteiger partial charge on any atom is 0.307 e. The normalized spacial score (nSPS) is 10.4. The van der Waals surface area contributed by atoms with Gasteiger partial charge in [-0.1, -0.05) is 11.3 Å². The molecule has 1 aromatic heterocycles. The second-order valence-electron chi connectivity index (χ2n) is 4.08. The molecule has 0 aliphatic heterocycles. The van der Waals surface area contributed by atoms with Gasteiger partial charge in [-0.25, -0.2) is 0 Å². The van der Waals surface area contributed by atoms with Gasteiger partial charge in [-0.05, 0) is 13.0 Å². The van der Waals surface area contributed by atoms with Crippen LogP contribution in [0.4, 0.5) is 11.4 Å². The molecule has 6 nitrogen and oxygen atoms in total. The molecule has 2 aromatic rings. The van der Waals surface area contributed by atoms with Crippen LogP contribution in [0.15, 0.2) is 28.4 Å². The molecule has 19 heavy (non-hydrogen) atoms. The first-order valence-corrected chi connectivity index (χ1v) is 6.51. The second kappa shape index (κ2) is 5.23. The molecule has 0 saturated heterocycles. The monoisotopic (exact) mass is 279 g/mol. The van der Waals surface area contributed by atoms with Crippen LogP contribution in [0.25, 0.3) is 0 Å². The third-order valence-electron chi connectivity index (χ3n) is 2.87. The van der Waals surface area contributed by atoms with Gasteiger partial charge >= 0.3 is 4.87 Å². The minimum Gasteiger partial charge on any atom is -0.388 e. The van der Waals surface area contributed by atoms with Crippen molar-refractivity contribution in [3.8, 4) is 0 Å². The van der Waals surface area contributed by atoms with Crippen LogP contribution in [0.1, 0.15) is 11.3 Å². The lowest BCUT2D eigenvalue weighted by Gasteiger charge is -2.10. The molecule has 0 aliphatic carbocycles. The summed E-state index contributed by atoms with van der Waals surface area (Å²) in [4.78, 5) is 22.0. The van der Waals surface area contributed by atoms with Crippen molar-refractivity contribution in [2.75, 3.05) is 12.4 Å². The fourth-order valence-corrected chi connectivity index (χ4v) is 2.57. The van der Waals surface area contributed by atoms with Gasteiger partial charge in [-0.2, -0.15) is 0 Å². The van der Waals surface area contributed by atoms with Gasteiger partial charge in [0.15, 0.2) is 0 Å². The minimum absolute atomic E-state index is 0.0231. The SMILES string of the molecule is CNc1ccc([N+](=O)[O-])cc1Cn1c(C)csc1=O. The van der Waals surface area contributed by atoms with Crippen molar-refractivity contribution in [3.63, 3.8) is 0 Å². The molecule has 1 aromatic carbocycles. The number of nitro groups is 1. The van der Waals surface area contributed by atoms with Crippen molar-refractivity contribution >= 4 is 22.7 Å². The summed E-state index contributed by atoms with van der Waals surface area (Å²) in [5, 5.41) is 15.6. The summed E-state index contributed by atoms with van der Waals surface area (Å²) in [5.74, 6) is 0. The van der Waals surface area contributed by atoms with Crippen LogP contribution < -0.4 is 10.2 Å². The average molecular weight is 279 g/mol. The van der Waals surface area contributed by atoms with E-state index < -0.39 is 4.92 Å². The van der Waals surface area contributed by atoms with Gasteiger partial charge in [0.1, 0.15) is 0 Å². The lowest BCUT2D eigenvalue weighted by Crippen LogP contribution is -2.16. The van der Waals surface area contributed by atoms with E-state index in [2.05, 4.69) is 5.32 Å². The van der Waals surface area contributed by atoms with Crippen LogP contribution in [0.3, 0.4) is 0 Å². The van der Waals surface area contributed by atoms with Gasteiger partial charge in [-0.15, -0.1) is 0 Å². The largest absolute Gasteiger partial charge is 0.388 e. The number of thiazole rings is 1. The molecule has 0 fully saturated rings. The summed E-state index contributed by atoms with van der Waals surface area (Å²) in [6.45, 7) is 2.17. The van der Waals surface area contributed by atoms with Crippen molar-refractivity contribution in [1.82, 2.24) is 4.57 Å². The Hall–Kier alpha value is -2.15. The van der Waals surface area contributed by atoms with Crippen LogP contribution >= 0.6 is 11.3 Å². The Labute approximate surface area is 113 Å². The molecule has 1 heterocycles. The van der Waals surface area contributed by atoms with Gasteiger partial charge < -0.3 is 5.32 Å². The summed E-state index contributed by atoms with van der Waals surface area (Å²) in [6.07, 6.45) is 0. The first-order chi connectivity index (χ1) is 9.02. The summed E-state index contributed by atoms with van der Waals surface area (Å²) in [7, 11) is 1.74. The van der Waals surface area contributed by atoms with Crippen molar-refractivity contribution < 1.29 is 4.92 Å². The van der Waals surface area contributed by atoms with Gasteiger partial charge in [0.05, 0.1) is 11.5 Å². The standard InChI is InChI=1S/C12H13N3O3S/c1-8-7-19-12(16)14(8)6-9-5-10(15(17)18)3-4-11(9)13-2/h3-5,7,13H,6H2,1-2H3. The van der Waals surface area contributed by atoms with E-state index in [-0.39, 0.29) is 10.6 Å². The highest BCUT2D eigenvalue weighted by Crippen LogP contribution is 2.23. The Morgan fingerprint density at radius 1 is 1.47 bits per heavy atom. The summed E-state index contributed by atoms with van der Waals surface area (Å²) in [6, 6.07) is 4.59. The molecule has 100 valence electrons. The van der Waals surface area contributed by atoms with Crippen LogP contribution in [-0.4, -0.2) is 16.5 Å². The number of nitrogens with one attached hydrogen (secondary N) is 1. The number of nitrogens with zero attached hydrogens (tertiary/aromatic N) is 2. The molecule has 0 saturated carbocycles. The van der Waals surface area contributed by atoms with E-state index >= 15 is 0 Å². The molecule has 1 N–H and O–H groups in total. The molecule has 0 radical (unpaired) electrons. The molecule has 7 heteroatoms. The zero-order valence-electron chi connectivity index (χ0n) is 10.5. The number of hydrogen-bond donors (Lipinski definition) is 1. The number of aryl methyl sites for hydroxylation is 1. The topological polar surface area (TPSA) is 77.2 Å². The average Bonchev–Trinajstić information content (AvgIpc) is 2.70. The fourth-order valence-electron chi connectivity index (χ4n) is 1.83. The van der Waals surface area contributed by atoms with Crippen LogP contribution in [0, 0.1) is 17.0 Å². The number of non-ortho nitro benzene ring substituents is 1. The molecule has 0 aliphatic rings. The van der Waals surface area contributed by atoms with E-state index in [1.54, 1.807) is 23.1 Å². The zero-order chi connectivity index (χ0) is 14.0. The van der Waals surface area contributed by atoms with E-state index in [1.807, 2.05) is 6.92 Å². The number of rotatable bonds is 4. The fraction of sp³-hybridized carbons (Fsp3) is 0.250. The summed E-state index contributed by atoms with van der Waals surface area (Å²) in [5.41, 5.74) is 2.38. The molecule has 0 amide bonds. The number of nitro benzene ring substituents is 1. The smallest absolute Gasteiger partial charge is 0.307 e. The summed E-state index contributed by atoms with van der Waals surface area (Å²) < 4.78 is 1.60. The predicted molar refractivity (Wildman–Crippen MR) is 75.1 cm³/mol. The molecule has 2 rings (SSSR count). The van der Waals surface area contributed by atoms with E-state index in [0.717, 1.165) is 28.3 Å². The third kappa shape index (κ3) is 2.65. The lowest BCUT2D eigenvalue weighted by atomic mass is 10.1. The van der Waals surface area contributed by atoms with Gasteiger partial charge in [0.25, 0.3) is 5.69 Å². The molecule has 0 unspecified atom stereocenters. The highest BCUT2D eigenvalue weighted by molar-refractivity contribution is 7.07.